The number of nitrogens with zero attached hydrogens (tertiary/aromatic N) is 2. The molecule has 1 rings (SSSR count). The van der Waals surface area contributed by atoms with Gasteiger partial charge in [0.2, 0.25) is 5.91 Å². The Morgan fingerprint density at radius 1 is 1.50 bits per heavy atom. The predicted molar refractivity (Wildman–Crippen MR) is 69.3 cm³/mol. The number of hydrogen-bond acceptors (Lipinski definition) is 3. The summed E-state index contributed by atoms with van der Waals surface area (Å²) in [5, 5.41) is 0. The first-order chi connectivity index (χ1) is 7.54. The van der Waals surface area contributed by atoms with E-state index in [1.165, 1.54) is 0 Å². The summed E-state index contributed by atoms with van der Waals surface area (Å²) in [6.45, 7) is 4.06. The Kier molecular flexibility index (Phi) is 5.15. The average Bonchev–Trinajstić information content (AvgIpc) is 3.00. The molecule has 0 spiro atoms. The van der Waals surface area contributed by atoms with Crippen LogP contribution >= 0.6 is 12.2 Å². The van der Waals surface area contributed by atoms with Gasteiger partial charge in [0.25, 0.3) is 0 Å². The van der Waals surface area contributed by atoms with Gasteiger partial charge < -0.3 is 10.6 Å². The number of amides is 1. The van der Waals surface area contributed by atoms with Crippen molar-refractivity contribution in [3.05, 3.63) is 0 Å². The molecule has 0 radical (unpaired) electrons. The third-order valence-corrected chi connectivity index (χ3v) is 3.00. The third-order valence-electron chi connectivity index (χ3n) is 2.79. The van der Waals surface area contributed by atoms with Crippen LogP contribution in [-0.2, 0) is 4.79 Å². The molecule has 0 heterocycles. The predicted octanol–water partition coefficient (Wildman–Crippen LogP) is 0.605. The minimum atomic E-state index is 0.218. The number of carbonyl (C=O) groups excluding carboxylic acids is 1. The molecule has 1 aliphatic carbocycles. The van der Waals surface area contributed by atoms with E-state index in [0.29, 0.717) is 24.0 Å². The van der Waals surface area contributed by atoms with Crippen LogP contribution in [0.2, 0.25) is 0 Å². The Bertz CT molecular complexity index is 266. The fourth-order valence-electron chi connectivity index (χ4n) is 1.73. The minimum Gasteiger partial charge on any atom is -0.393 e. The summed E-state index contributed by atoms with van der Waals surface area (Å²) in [4.78, 5) is 16.4. The second kappa shape index (κ2) is 6.15. The fraction of sp³-hybridized carbons (Fsp3) is 0.818. The van der Waals surface area contributed by atoms with Crippen LogP contribution in [0, 0.1) is 0 Å². The molecule has 2 N–H and O–H groups in total. The van der Waals surface area contributed by atoms with Gasteiger partial charge in [-0.05, 0) is 26.8 Å². The maximum atomic E-state index is 11.9. The number of likely N-dealkylation sites (N-methyl/N-ethyl adjacent to an activating group) is 2. The fourth-order valence-corrected chi connectivity index (χ4v) is 1.82. The molecule has 1 fully saturated rings. The van der Waals surface area contributed by atoms with Gasteiger partial charge >= 0.3 is 0 Å². The number of thiocarbonyl (C=S) groups is 1. The summed E-state index contributed by atoms with van der Waals surface area (Å²) in [5.41, 5.74) is 5.43. The van der Waals surface area contributed by atoms with Crippen molar-refractivity contribution >= 4 is 23.1 Å². The first-order valence-corrected chi connectivity index (χ1v) is 6.21. The van der Waals surface area contributed by atoms with Crippen LogP contribution in [0.3, 0.4) is 0 Å². The molecule has 0 atom stereocenters. The van der Waals surface area contributed by atoms with E-state index >= 15 is 0 Å². The van der Waals surface area contributed by atoms with E-state index in [9.17, 15) is 4.79 Å². The quantitative estimate of drug-likeness (QED) is 0.666. The molecule has 1 saturated carbocycles. The van der Waals surface area contributed by atoms with Crippen LogP contribution < -0.4 is 5.73 Å². The van der Waals surface area contributed by atoms with Gasteiger partial charge in [0.15, 0.2) is 0 Å². The Labute approximate surface area is 103 Å². The Hall–Kier alpha value is -0.680. The van der Waals surface area contributed by atoms with Crippen LogP contribution in [0.1, 0.15) is 26.2 Å². The molecule has 0 bridgehead atoms. The monoisotopic (exact) mass is 243 g/mol. The van der Waals surface area contributed by atoms with Gasteiger partial charge in [-0.2, -0.15) is 0 Å². The highest BCUT2D eigenvalue weighted by Gasteiger charge is 2.31. The Balaban J connectivity index is 2.28. The highest BCUT2D eigenvalue weighted by molar-refractivity contribution is 7.80. The molecule has 5 heteroatoms. The maximum absolute atomic E-state index is 11.9. The lowest BCUT2D eigenvalue weighted by Gasteiger charge is -2.24. The van der Waals surface area contributed by atoms with E-state index in [-0.39, 0.29) is 5.91 Å². The van der Waals surface area contributed by atoms with Crippen molar-refractivity contribution in [2.45, 2.75) is 32.2 Å². The topological polar surface area (TPSA) is 49.6 Å². The van der Waals surface area contributed by atoms with Crippen LogP contribution in [0.4, 0.5) is 0 Å². The van der Waals surface area contributed by atoms with E-state index < -0.39 is 0 Å². The molecule has 1 amide bonds. The molecule has 0 aromatic heterocycles. The minimum absolute atomic E-state index is 0.218. The normalized spacial score (nSPS) is 15.2. The van der Waals surface area contributed by atoms with Crippen molar-refractivity contribution in [1.29, 1.82) is 0 Å². The van der Waals surface area contributed by atoms with Crippen molar-refractivity contribution in [2.24, 2.45) is 5.73 Å². The highest BCUT2D eigenvalue weighted by Crippen LogP contribution is 2.26. The first kappa shape index (κ1) is 13.4. The maximum Gasteiger partial charge on any atom is 0.236 e. The zero-order valence-corrected chi connectivity index (χ0v) is 10.9. The van der Waals surface area contributed by atoms with E-state index in [0.717, 1.165) is 25.9 Å². The second-order valence-electron chi connectivity index (χ2n) is 4.37. The van der Waals surface area contributed by atoms with Crippen molar-refractivity contribution in [3.8, 4) is 0 Å². The zero-order chi connectivity index (χ0) is 12.1. The summed E-state index contributed by atoms with van der Waals surface area (Å²) in [6.07, 6.45) is 3.00. The lowest BCUT2D eigenvalue weighted by atomic mass is 10.3. The molecular formula is C11H21N3OS. The van der Waals surface area contributed by atoms with Gasteiger partial charge in [0.05, 0.1) is 11.5 Å². The van der Waals surface area contributed by atoms with Gasteiger partial charge in [0.1, 0.15) is 0 Å². The largest absolute Gasteiger partial charge is 0.393 e. The van der Waals surface area contributed by atoms with Crippen LogP contribution in [0.5, 0.6) is 0 Å². The van der Waals surface area contributed by atoms with Crippen LogP contribution in [-0.4, -0.2) is 53.4 Å². The molecular weight excluding hydrogens is 222 g/mol. The van der Waals surface area contributed by atoms with Gasteiger partial charge in [-0.15, -0.1) is 0 Å². The molecule has 16 heavy (non-hydrogen) atoms. The SMILES string of the molecule is CCN(C(=O)CN(C)CCC(N)=S)C1CC1. The van der Waals surface area contributed by atoms with Crippen LogP contribution in [0.25, 0.3) is 0 Å². The van der Waals surface area contributed by atoms with Gasteiger partial charge in [-0.25, -0.2) is 0 Å². The summed E-state index contributed by atoms with van der Waals surface area (Å²) >= 11 is 4.81. The number of rotatable bonds is 7. The van der Waals surface area contributed by atoms with Gasteiger partial charge in [0, 0.05) is 25.6 Å². The number of carbonyl (C=O) groups is 1. The molecule has 0 aromatic rings. The van der Waals surface area contributed by atoms with Crippen molar-refractivity contribution in [2.75, 3.05) is 26.7 Å². The standard InChI is InChI=1S/C11H21N3OS/c1-3-14(9-4-5-9)11(15)8-13(2)7-6-10(12)16/h9H,3-8H2,1-2H3,(H2,12,16). The lowest BCUT2D eigenvalue weighted by Crippen LogP contribution is -2.40. The van der Waals surface area contributed by atoms with Crippen molar-refractivity contribution in [3.63, 3.8) is 0 Å². The molecule has 0 unspecified atom stereocenters. The molecule has 0 saturated heterocycles. The van der Waals surface area contributed by atoms with E-state index in [2.05, 4.69) is 0 Å². The van der Waals surface area contributed by atoms with Crippen LogP contribution in [0.15, 0.2) is 0 Å². The summed E-state index contributed by atoms with van der Waals surface area (Å²) in [7, 11) is 1.93. The second-order valence-corrected chi connectivity index (χ2v) is 4.89. The van der Waals surface area contributed by atoms with E-state index in [1.54, 1.807) is 0 Å². The molecule has 1 aliphatic rings. The summed E-state index contributed by atoms with van der Waals surface area (Å²) < 4.78 is 0. The molecule has 0 aromatic carbocycles. The highest BCUT2D eigenvalue weighted by atomic mass is 32.1. The average molecular weight is 243 g/mol. The summed E-state index contributed by atoms with van der Waals surface area (Å²) in [5.74, 6) is 0.218. The lowest BCUT2D eigenvalue weighted by molar-refractivity contribution is -0.132. The Morgan fingerprint density at radius 2 is 2.12 bits per heavy atom. The van der Waals surface area contributed by atoms with Gasteiger partial charge in [-0.1, -0.05) is 12.2 Å². The smallest absolute Gasteiger partial charge is 0.236 e. The van der Waals surface area contributed by atoms with Gasteiger partial charge in [-0.3, -0.25) is 9.69 Å². The zero-order valence-electron chi connectivity index (χ0n) is 10.1. The number of hydrogen-bond donors (Lipinski definition) is 1. The Morgan fingerprint density at radius 3 is 2.56 bits per heavy atom. The summed E-state index contributed by atoms with van der Waals surface area (Å²) in [6, 6.07) is 0.501. The van der Waals surface area contributed by atoms with Crippen molar-refractivity contribution in [1.82, 2.24) is 9.80 Å². The van der Waals surface area contributed by atoms with E-state index in [4.69, 9.17) is 18.0 Å². The molecule has 92 valence electrons. The molecule has 0 aliphatic heterocycles. The van der Waals surface area contributed by atoms with Crippen molar-refractivity contribution < 1.29 is 4.79 Å². The third kappa shape index (κ3) is 4.45. The van der Waals surface area contributed by atoms with E-state index in [1.807, 2.05) is 23.8 Å². The molecule has 4 nitrogen and oxygen atoms in total. The first-order valence-electron chi connectivity index (χ1n) is 5.81. The number of nitrogens with two attached hydrogens (primary N) is 1.